The van der Waals surface area contributed by atoms with Gasteiger partial charge in [0.1, 0.15) is 11.5 Å². The predicted molar refractivity (Wildman–Crippen MR) is 114 cm³/mol. The van der Waals surface area contributed by atoms with Gasteiger partial charge < -0.3 is 18.6 Å². The van der Waals surface area contributed by atoms with Crippen LogP contribution in [0.1, 0.15) is 6.42 Å². The van der Waals surface area contributed by atoms with Crippen LogP contribution < -0.4 is 9.47 Å². The van der Waals surface area contributed by atoms with Gasteiger partial charge in [-0.1, -0.05) is 0 Å². The van der Waals surface area contributed by atoms with E-state index >= 15 is 0 Å². The van der Waals surface area contributed by atoms with Crippen molar-refractivity contribution in [2.24, 2.45) is 0 Å². The number of imidazole rings is 1. The molecule has 0 aliphatic carbocycles. The van der Waals surface area contributed by atoms with Crippen molar-refractivity contribution >= 4 is 0 Å². The maximum Gasteiger partial charge on any atom is 0.157 e. The Hall–Kier alpha value is -3.47. The number of hydrogen-bond acceptors (Lipinski definition) is 3. The van der Waals surface area contributed by atoms with Gasteiger partial charge in [0.2, 0.25) is 0 Å². The molecule has 0 N–H and O–H groups in total. The molecule has 0 unspecified atom stereocenters. The second-order valence-electron chi connectivity index (χ2n) is 7.18. The lowest BCUT2D eigenvalue weighted by atomic mass is 10.0. The van der Waals surface area contributed by atoms with E-state index in [0.29, 0.717) is 0 Å². The number of fused-ring (bicyclic) bond motifs is 3. The Morgan fingerprint density at radius 3 is 2.10 bits per heavy atom. The molecule has 0 amide bonds. The van der Waals surface area contributed by atoms with Crippen LogP contribution in [-0.2, 0) is 13.1 Å². The van der Waals surface area contributed by atoms with Gasteiger partial charge in [0.05, 0.1) is 31.3 Å². The maximum atomic E-state index is 5.36. The first-order valence-corrected chi connectivity index (χ1v) is 9.83. The summed E-state index contributed by atoms with van der Waals surface area (Å²) >= 11 is 0. The summed E-state index contributed by atoms with van der Waals surface area (Å²) in [6.07, 6.45) is 3.20. The average molecular weight is 385 g/mol. The van der Waals surface area contributed by atoms with Crippen LogP contribution in [0.2, 0.25) is 0 Å². The fraction of sp³-hybridized carbons (Fsp3) is 0.208. The van der Waals surface area contributed by atoms with Crippen LogP contribution >= 0.6 is 0 Å². The number of aryl methyl sites for hydroxylation is 1. The molecule has 2 aromatic heterocycles. The van der Waals surface area contributed by atoms with Gasteiger partial charge in [0.25, 0.3) is 0 Å². The van der Waals surface area contributed by atoms with Crippen molar-refractivity contribution in [1.29, 1.82) is 0 Å². The number of nitrogens with zero attached hydrogens (tertiary/aromatic N) is 3. The zero-order valence-corrected chi connectivity index (χ0v) is 16.6. The molecule has 0 saturated carbocycles. The van der Waals surface area contributed by atoms with E-state index < -0.39 is 0 Å². The van der Waals surface area contributed by atoms with Crippen LogP contribution in [0.3, 0.4) is 0 Å². The second kappa shape index (κ2) is 7.17. The minimum Gasteiger partial charge on any atom is -0.497 e. The van der Waals surface area contributed by atoms with E-state index in [1.54, 1.807) is 14.2 Å². The Labute approximate surface area is 170 Å². The number of hydrogen-bond donors (Lipinski definition) is 0. The summed E-state index contributed by atoms with van der Waals surface area (Å²) in [7, 11) is 3.38. The molecular formula is C24H23N3O2. The third kappa shape index (κ3) is 2.99. The summed E-state index contributed by atoms with van der Waals surface area (Å²) in [5.41, 5.74) is 5.51. The van der Waals surface area contributed by atoms with Crippen molar-refractivity contribution in [1.82, 2.24) is 14.1 Å². The second-order valence-corrected chi connectivity index (χ2v) is 7.18. The van der Waals surface area contributed by atoms with Crippen LogP contribution in [0.15, 0.2) is 66.9 Å². The highest BCUT2D eigenvalue weighted by molar-refractivity contribution is 5.82. The van der Waals surface area contributed by atoms with Crippen LogP contribution in [0.5, 0.6) is 11.5 Å². The summed E-state index contributed by atoms with van der Waals surface area (Å²) in [4.78, 5) is 5.14. The van der Waals surface area contributed by atoms with Crippen molar-refractivity contribution in [2.75, 3.05) is 14.2 Å². The lowest BCUT2D eigenvalue weighted by Crippen LogP contribution is -2.01. The third-order valence-corrected chi connectivity index (χ3v) is 5.53. The van der Waals surface area contributed by atoms with Gasteiger partial charge in [-0.2, -0.15) is 0 Å². The fourth-order valence-electron chi connectivity index (χ4n) is 4.07. The van der Waals surface area contributed by atoms with Crippen molar-refractivity contribution in [3.8, 4) is 45.5 Å². The molecule has 1 aliphatic rings. The van der Waals surface area contributed by atoms with Gasteiger partial charge in [0.15, 0.2) is 5.82 Å². The summed E-state index contributed by atoms with van der Waals surface area (Å²) in [6, 6.07) is 20.6. The smallest absolute Gasteiger partial charge is 0.157 e. The van der Waals surface area contributed by atoms with Crippen LogP contribution in [0, 0.1) is 0 Å². The first-order valence-electron chi connectivity index (χ1n) is 9.83. The van der Waals surface area contributed by atoms with Gasteiger partial charge >= 0.3 is 0 Å². The van der Waals surface area contributed by atoms with E-state index in [4.69, 9.17) is 14.5 Å². The molecule has 4 aromatic rings. The summed E-state index contributed by atoms with van der Waals surface area (Å²) in [6.45, 7) is 1.94. The molecule has 5 nitrogen and oxygen atoms in total. The lowest BCUT2D eigenvalue weighted by molar-refractivity contribution is 0.414. The molecule has 5 heteroatoms. The van der Waals surface area contributed by atoms with Gasteiger partial charge in [-0.3, -0.25) is 0 Å². The molecule has 0 atom stereocenters. The molecule has 0 spiro atoms. The summed E-state index contributed by atoms with van der Waals surface area (Å²) in [5.74, 6) is 2.71. The molecule has 2 aromatic carbocycles. The number of ether oxygens (including phenoxy) is 2. The Bertz CT molecular complexity index is 1140. The number of methoxy groups -OCH3 is 2. The number of aromatic nitrogens is 3. The standard InChI is InChI=1S/C24H23N3O2/c1-28-19-10-6-17(7-11-19)22-23(18-8-12-20(29-2)13-9-18)27-16-4-15-26-14-3-5-21(26)24(27)25-22/h3,5-14H,4,15-16H2,1-2H3. The molecule has 3 heterocycles. The largest absolute Gasteiger partial charge is 0.497 e. The SMILES string of the molecule is COc1ccc(-c2nc3n(c2-c2ccc(OC)cc2)CCCn2cccc2-3)cc1. The highest BCUT2D eigenvalue weighted by Gasteiger charge is 2.24. The lowest BCUT2D eigenvalue weighted by Gasteiger charge is -2.11. The molecule has 5 rings (SSSR count). The van der Waals surface area contributed by atoms with Crippen molar-refractivity contribution in [3.63, 3.8) is 0 Å². The number of benzene rings is 2. The van der Waals surface area contributed by atoms with E-state index in [1.165, 1.54) is 0 Å². The highest BCUT2D eigenvalue weighted by Crippen LogP contribution is 2.38. The van der Waals surface area contributed by atoms with Crippen molar-refractivity contribution in [3.05, 3.63) is 66.9 Å². The van der Waals surface area contributed by atoms with E-state index in [2.05, 4.69) is 51.7 Å². The molecule has 29 heavy (non-hydrogen) atoms. The molecule has 146 valence electrons. The van der Waals surface area contributed by atoms with E-state index in [0.717, 1.165) is 65.0 Å². The zero-order valence-electron chi connectivity index (χ0n) is 16.6. The highest BCUT2D eigenvalue weighted by atomic mass is 16.5. The van der Waals surface area contributed by atoms with E-state index in [1.807, 2.05) is 24.3 Å². The van der Waals surface area contributed by atoms with Crippen molar-refractivity contribution < 1.29 is 9.47 Å². The molecule has 0 fully saturated rings. The summed E-state index contributed by atoms with van der Waals surface area (Å²) in [5, 5.41) is 0. The first kappa shape index (κ1) is 17.6. The topological polar surface area (TPSA) is 41.2 Å². The molecular weight excluding hydrogens is 362 g/mol. The minimum atomic E-state index is 0.842. The number of rotatable bonds is 4. The fourth-order valence-corrected chi connectivity index (χ4v) is 4.07. The van der Waals surface area contributed by atoms with E-state index in [9.17, 15) is 0 Å². The Morgan fingerprint density at radius 1 is 0.793 bits per heavy atom. The van der Waals surface area contributed by atoms with Crippen LogP contribution in [0.25, 0.3) is 34.0 Å². The third-order valence-electron chi connectivity index (χ3n) is 5.53. The van der Waals surface area contributed by atoms with Gasteiger partial charge in [-0.15, -0.1) is 0 Å². The maximum absolute atomic E-state index is 5.36. The van der Waals surface area contributed by atoms with Gasteiger partial charge in [-0.05, 0) is 67.1 Å². The van der Waals surface area contributed by atoms with Gasteiger partial charge in [-0.25, -0.2) is 4.98 Å². The molecule has 0 bridgehead atoms. The molecule has 1 aliphatic heterocycles. The Balaban J connectivity index is 1.74. The minimum absolute atomic E-state index is 0.842. The summed E-state index contributed by atoms with van der Waals surface area (Å²) < 4.78 is 15.3. The zero-order chi connectivity index (χ0) is 19.8. The predicted octanol–water partition coefficient (Wildman–Crippen LogP) is 5.11. The Kier molecular flexibility index (Phi) is 4.35. The van der Waals surface area contributed by atoms with Crippen molar-refractivity contribution in [2.45, 2.75) is 19.5 Å². The quantitative estimate of drug-likeness (QED) is 0.490. The average Bonchev–Trinajstić information content (AvgIpc) is 3.35. The van der Waals surface area contributed by atoms with Crippen LogP contribution in [0.4, 0.5) is 0 Å². The monoisotopic (exact) mass is 385 g/mol. The van der Waals surface area contributed by atoms with Crippen LogP contribution in [-0.4, -0.2) is 28.3 Å². The molecule has 0 saturated heterocycles. The normalized spacial score (nSPS) is 12.8. The molecule has 0 radical (unpaired) electrons. The van der Waals surface area contributed by atoms with E-state index in [-0.39, 0.29) is 0 Å². The Morgan fingerprint density at radius 2 is 1.45 bits per heavy atom. The van der Waals surface area contributed by atoms with Gasteiger partial charge in [0, 0.05) is 30.4 Å². The first-order chi connectivity index (χ1) is 14.3.